The SMILES string of the molecule is CCc1c(-c2cc[c]cc2)nn(-c2cccc(F)c2)c1-c1ccc(O)cc1. The summed E-state index contributed by atoms with van der Waals surface area (Å²) in [5.74, 6) is -0.110. The highest BCUT2D eigenvalue weighted by Gasteiger charge is 2.20. The van der Waals surface area contributed by atoms with Crippen molar-refractivity contribution < 1.29 is 9.50 Å². The zero-order chi connectivity index (χ0) is 18.8. The summed E-state index contributed by atoms with van der Waals surface area (Å²) >= 11 is 0. The van der Waals surface area contributed by atoms with Crippen LogP contribution in [0.25, 0.3) is 28.2 Å². The Morgan fingerprint density at radius 3 is 2.41 bits per heavy atom. The largest absolute Gasteiger partial charge is 0.508 e. The van der Waals surface area contributed by atoms with Crippen molar-refractivity contribution in [3.63, 3.8) is 0 Å². The standard InChI is InChI=1S/C23H18FN2O/c1-2-21-22(16-7-4-3-5-8-16)25-26(19-10-6-9-18(24)15-19)23(21)17-11-13-20(27)14-12-17/h4-15,27H,2H2,1H3. The minimum atomic E-state index is -0.312. The average Bonchev–Trinajstić information content (AvgIpc) is 3.09. The lowest BCUT2D eigenvalue weighted by atomic mass is 10.00. The summed E-state index contributed by atoms with van der Waals surface area (Å²) in [6.45, 7) is 2.08. The molecule has 0 atom stereocenters. The van der Waals surface area contributed by atoms with Gasteiger partial charge in [0.2, 0.25) is 0 Å². The van der Waals surface area contributed by atoms with Crippen LogP contribution in [-0.4, -0.2) is 14.9 Å². The highest BCUT2D eigenvalue weighted by molar-refractivity contribution is 5.76. The minimum absolute atomic E-state index is 0.201. The number of phenolic OH excluding ortho intramolecular Hbond substituents is 1. The molecule has 4 heteroatoms. The number of benzene rings is 3. The smallest absolute Gasteiger partial charge is 0.125 e. The summed E-state index contributed by atoms with van der Waals surface area (Å²) in [6.07, 6.45) is 0.763. The molecule has 1 radical (unpaired) electrons. The van der Waals surface area contributed by atoms with Gasteiger partial charge in [-0.3, -0.25) is 0 Å². The molecular formula is C23H18FN2O. The molecule has 4 aromatic rings. The molecule has 0 aliphatic heterocycles. The maximum Gasteiger partial charge on any atom is 0.125 e. The van der Waals surface area contributed by atoms with Crippen molar-refractivity contribution in [1.82, 2.24) is 9.78 Å². The molecule has 1 aromatic heterocycles. The third-order valence-electron chi connectivity index (χ3n) is 4.52. The predicted molar refractivity (Wildman–Crippen MR) is 104 cm³/mol. The molecule has 0 spiro atoms. The molecule has 0 aliphatic rings. The number of aromatic nitrogens is 2. The maximum absolute atomic E-state index is 13.9. The quantitative estimate of drug-likeness (QED) is 0.530. The molecule has 1 N–H and O–H groups in total. The number of rotatable bonds is 4. The van der Waals surface area contributed by atoms with Gasteiger partial charge in [-0.2, -0.15) is 5.10 Å². The first-order valence-corrected chi connectivity index (χ1v) is 8.81. The number of halogens is 1. The molecule has 0 saturated carbocycles. The van der Waals surface area contributed by atoms with E-state index in [9.17, 15) is 9.50 Å². The second-order valence-corrected chi connectivity index (χ2v) is 6.26. The number of hydrogen-bond donors (Lipinski definition) is 1. The van der Waals surface area contributed by atoms with Crippen molar-refractivity contribution in [3.8, 4) is 34.0 Å². The first kappa shape index (κ1) is 17.0. The summed E-state index contributed by atoms with van der Waals surface area (Å²) in [7, 11) is 0. The highest BCUT2D eigenvalue weighted by atomic mass is 19.1. The van der Waals surface area contributed by atoms with E-state index in [0.717, 1.165) is 34.5 Å². The van der Waals surface area contributed by atoms with Gasteiger partial charge in [-0.05, 0) is 55.0 Å². The highest BCUT2D eigenvalue weighted by Crippen LogP contribution is 2.35. The van der Waals surface area contributed by atoms with Crippen LogP contribution in [0.3, 0.4) is 0 Å². The van der Waals surface area contributed by atoms with E-state index in [4.69, 9.17) is 5.10 Å². The number of nitrogens with zero attached hydrogens (tertiary/aromatic N) is 2. The summed E-state index contributed by atoms with van der Waals surface area (Å²) < 4.78 is 15.7. The van der Waals surface area contributed by atoms with Gasteiger partial charge in [-0.15, -0.1) is 0 Å². The van der Waals surface area contributed by atoms with Crippen molar-refractivity contribution in [2.75, 3.05) is 0 Å². The van der Waals surface area contributed by atoms with E-state index in [0.29, 0.717) is 5.69 Å². The van der Waals surface area contributed by atoms with Crippen LogP contribution in [0.5, 0.6) is 5.75 Å². The van der Waals surface area contributed by atoms with Gasteiger partial charge in [-0.25, -0.2) is 9.07 Å². The molecule has 3 nitrogen and oxygen atoms in total. The third kappa shape index (κ3) is 3.22. The fourth-order valence-electron chi connectivity index (χ4n) is 3.27. The van der Waals surface area contributed by atoms with E-state index >= 15 is 0 Å². The Morgan fingerprint density at radius 2 is 1.74 bits per heavy atom. The van der Waals surface area contributed by atoms with Crippen LogP contribution in [0.15, 0.2) is 72.8 Å². The van der Waals surface area contributed by atoms with E-state index in [1.807, 2.05) is 42.5 Å². The van der Waals surface area contributed by atoms with Crippen LogP contribution in [0.4, 0.5) is 4.39 Å². The van der Waals surface area contributed by atoms with Gasteiger partial charge in [0.05, 0.1) is 17.1 Å². The normalized spacial score (nSPS) is 10.9. The fraction of sp³-hybridized carbons (Fsp3) is 0.0870. The fourth-order valence-corrected chi connectivity index (χ4v) is 3.27. The molecule has 1 heterocycles. The van der Waals surface area contributed by atoms with Gasteiger partial charge in [-0.1, -0.05) is 37.3 Å². The molecule has 0 unspecified atom stereocenters. The second-order valence-electron chi connectivity index (χ2n) is 6.26. The maximum atomic E-state index is 13.9. The van der Waals surface area contributed by atoms with Crippen molar-refractivity contribution in [1.29, 1.82) is 0 Å². The van der Waals surface area contributed by atoms with Gasteiger partial charge in [0.25, 0.3) is 0 Å². The topological polar surface area (TPSA) is 38.0 Å². The Kier molecular flexibility index (Phi) is 4.47. The van der Waals surface area contributed by atoms with Crippen LogP contribution >= 0.6 is 0 Å². The number of aromatic hydroxyl groups is 1. The Bertz CT molecular complexity index is 1070. The number of phenols is 1. The first-order chi connectivity index (χ1) is 13.2. The molecule has 0 amide bonds. The third-order valence-corrected chi connectivity index (χ3v) is 4.52. The van der Waals surface area contributed by atoms with Crippen molar-refractivity contribution in [2.24, 2.45) is 0 Å². The van der Waals surface area contributed by atoms with Crippen molar-refractivity contribution in [2.45, 2.75) is 13.3 Å². The Labute approximate surface area is 157 Å². The predicted octanol–water partition coefficient (Wildman–Crippen LogP) is 5.41. The zero-order valence-electron chi connectivity index (χ0n) is 14.9. The van der Waals surface area contributed by atoms with Crippen molar-refractivity contribution in [3.05, 3.63) is 90.2 Å². The van der Waals surface area contributed by atoms with Gasteiger partial charge in [0.15, 0.2) is 0 Å². The average molecular weight is 357 g/mol. The first-order valence-electron chi connectivity index (χ1n) is 8.81. The molecule has 27 heavy (non-hydrogen) atoms. The van der Waals surface area contributed by atoms with E-state index in [1.54, 1.807) is 22.9 Å². The minimum Gasteiger partial charge on any atom is -0.508 e. The summed E-state index contributed by atoms with van der Waals surface area (Å²) in [5.41, 5.74) is 5.37. The lowest BCUT2D eigenvalue weighted by Crippen LogP contribution is -2.00. The van der Waals surface area contributed by atoms with Gasteiger partial charge < -0.3 is 5.11 Å². The molecule has 0 aliphatic carbocycles. The van der Waals surface area contributed by atoms with E-state index < -0.39 is 0 Å². The van der Waals surface area contributed by atoms with Crippen LogP contribution in [0, 0.1) is 11.9 Å². The number of hydrogen-bond acceptors (Lipinski definition) is 2. The van der Waals surface area contributed by atoms with Crippen LogP contribution in [-0.2, 0) is 6.42 Å². The lowest BCUT2D eigenvalue weighted by Gasteiger charge is -2.10. The van der Waals surface area contributed by atoms with E-state index in [-0.39, 0.29) is 11.6 Å². The molecule has 133 valence electrons. The lowest BCUT2D eigenvalue weighted by molar-refractivity contribution is 0.475. The molecule has 3 aromatic carbocycles. The molecule has 0 saturated heterocycles. The Morgan fingerprint density at radius 1 is 1.00 bits per heavy atom. The molecule has 0 fully saturated rings. The second kappa shape index (κ2) is 7.08. The van der Waals surface area contributed by atoms with E-state index in [2.05, 4.69) is 13.0 Å². The van der Waals surface area contributed by atoms with Crippen LogP contribution in [0.2, 0.25) is 0 Å². The van der Waals surface area contributed by atoms with Gasteiger partial charge in [0, 0.05) is 16.7 Å². The molecule has 0 bridgehead atoms. The van der Waals surface area contributed by atoms with Crippen molar-refractivity contribution >= 4 is 0 Å². The summed E-state index contributed by atoms with van der Waals surface area (Å²) in [4.78, 5) is 0. The Hall–Kier alpha value is -3.40. The molecule has 4 rings (SSSR count). The van der Waals surface area contributed by atoms with Gasteiger partial charge >= 0.3 is 0 Å². The monoisotopic (exact) mass is 357 g/mol. The Balaban J connectivity index is 2.01. The van der Waals surface area contributed by atoms with Crippen LogP contribution < -0.4 is 0 Å². The van der Waals surface area contributed by atoms with E-state index in [1.165, 1.54) is 12.1 Å². The summed E-state index contributed by atoms with van der Waals surface area (Å²) in [6, 6.07) is 24.1. The zero-order valence-corrected chi connectivity index (χ0v) is 14.9. The molecular weight excluding hydrogens is 339 g/mol. The van der Waals surface area contributed by atoms with Crippen LogP contribution in [0.1, 0.15) is 12.5 Å². The van der Waals surface area contributed by atoms with Gasteiger partial charge in [0.1, 0.15) is 11.6 Å². The summed E-state index contributed by atoms with van der Waals surface area (Å²) in [5, 5.41) is 14.5.